The van der Waals surface area contributed by atoms with E-state index in [1.54, 1.807) is 6.20 Å². The predicted octanol–water partition coefficient (Wildman–Crippen LogP) is 0.0857. The van der Waals surface area contributed by atoms with Crippen molar-refractivity contribution in [3.8, 4) is 0 Å². The fourth-order valence-electron chi connectivity index (χ4n) is 2.80. The van der Waals surface area contributed by atoms with Crippen LogP contribution >= 0.6 is 0 Å². The molecule has 0 aliphatic carbocycles. The Kier molecular flexibility index (Phi) is 3.79. The molecule has 0 saturated carbocycles. The molecule has 2 aliphatic heterocycles. The highest BCUT2D eigenvalue weighted by molar-refractivity contribution is 5.85. The minimum atomic E-state index is -1.04. The van der Waals surface area contributed by atoms with Gasteiger partial charge in [0.25, 0.3) is 0 Å². The molecule has 0 aromatic carbocycles. The number of hydrogen-bond acceptors (Lipinski definition) is 6. The summed E-state index contributed by atoms with van der Waals surface area (Å²) in [5.74, 6) is -0.385. The summed E-state index contributed by atoms with van der Waals surface area (Å²) in [5.41, 5.74) is -0.00248. The summed E-state index contributed by atoms with van der Waals surface area (Å²) in [5, 5.41) is 8.96. The van der Waals surface area contributed by atoms with Gasteiger partial charge in [-0.25, -0.2) is 9.78 Å². The third-order valence-electron chi connectivity index (χ3n) is 3.89. The van der Waals surface area contributed by atoms with E-state index in [1.807, 2.05) is 0 Å². The highest BCUT2D eigenvalue weighted by Gasteiger charge is 2.29. The summed E-state index contributed by atoms with van der Waals surface area (Å²) in [6.45, 7) is 5.30. The molecule has 3 heterocycles. The summed E-state index contributed by atoms with van der Waals surface area (Å²) in [7, 11) is 0. The molecule has 108 valence electrons. The Labute approximate surface area is 117 Å². The standard InChI is InChI=1S/C13H18N4O3/c18-13(19)11-7-14-8-12(15-11)17-2-1-10(9-17)16-3-5-20-6-4-16/h7-8,10H,1-6,9H2,(H,18,19). The molecule has 2 saturated heterocycles. The van der Waals surface area contributed by atoms with E-state index in [-0.39, 0.29) is 5.69 Å². The van der Waals surface area contributed by atoms with E-state index in [2.05, 4.69) is 19.8 Å². The third-order valence-corrected chi connectivity index (χ3v) is 3.89. The van der Waals surface area contributed by atoms with Crippen LogP contribution < -0.4 is 4.90 Å². The number of anilines is 1. The smallest absolute Gasteiger partial charge is 0.356 e. The number of aromatic carboxylic acids is 1. The first-order valence-corrected chi connectivity index (χ1v) is 6.86. The Morgan fingerprint density at radius 3 is 2.85 bits per heavy atom. The Morgan fingerprint density at radius 1 is 1.30 bits per heavy atom. The monoisotopic (exact) mass is 278 g/mol. The van der Waals surface area contributed by atoms with Crippen molar-refractivity contribution in [1.82, 2.24) is 14.9 Å². The number of ether oxygens (including phenoxy) is 1. The largest absolute Gasteiger partial charge is 0.476 e. The van der Waals surface area contributed by atoms with E-state index in [0.717, 1.165) is 45.8 Å². The molecule has 7 heteroatoms. The minimum Gasteiger partial charge on any atom is -0.476 e. The molecule has 0 spiro atoms. The number of aromatic nitrogens is 2. The lowest BCUT2D eigenvalue weighted by Gasteiger charge is -2.32. The second-order valence-electron chi connectivity index (χ2n) is 5.10. The van der Waals surface area contributed by atoms with Gasteiger partial charge in [0.05, 0.1) is 25.6 Å². The van der Waals surface area contributed by atoms with Crippen molar-refractivity contribution in [1.29, 1.82) is 0 Å². The van der Waals surface area contributed by atoms with Crippen LogP contribution in [-0.4, -0.2) is 71.4 Å². The van der Waals surface area contributed by atoms with Gasteiger partial charge in [-0.2, -0.15) is 0 Å². The van der Waals surface area contributed by atoms with Gasteiger partial charge in [-0.1, -0.05) is 0 Å². The molecule has 0 amide bonds. The van der Waals surface area contributed by atoms with Gasteiger partial charge in [0.15, 0.2) is 5.69 Å². The van der Waals surface area contributed by atoms with Crippen LogP contribution in [0.3, 0.4) is 0 Å². The number of morpholine rings is 1. The number of carbonyl (C=O) groups is 1. The van der Waals surface area contributed by atoms with Crippen molar-refractivity contribution >= 4 is 11.8 Å². The molecule has 1 unspecified atom stereocenters. The molecule has 1 aromatic rings. The fourth-order valence-corrected chi connectivity index (χ4v) is 2.80. The van der Waals surface area contributed by atoms with Crippen LogP contribution in [-0.2, 0) is 4.74 Å². The topological polar surface area (TPSA) is 78.8 Å². The lowest BCUT2D eigenvalue weighted by molar-refractivity contribution is 0.0209. The van der Waals surface area contributed by atoms with Crippen LogP contribution in [0.5, 0.6) is 0 Å². The quantitative estimate of drug-likeness (QED) is 0.839. The maximum absolute atomic E-state index is 10.9. The molecule has 20 heavy (non-hydrogen) atoms. The van der Waals surface area contributed by atoms with Crippen LogP contribution in [0.15, 0.2) is 12.4 Å². The number of carboxylic acids is 1. The second kappa shape index (κ2) is 5.72. The average Bonchev–Trinajstić information content (AvgIpc) is 2.98. The lowest BCUT2D eigenvalue weighted by atomic mass is 10.2. The Hall–Kier alpha value is -1.73. The molecule has 7 nitrogen and oxygen atoms in total. The molecule has 1 atom stereocenters. The van der Waals surface area contributed by atoms with Crippen molar-refractivity contribution in [2.45, 2.75) is 12.5 Å². The zero-order chi connectivity index (χ0) is 13.9. The van der Waals surface area contributed by atoms with Gasteiger partial charge < -0.3 is 14.7 Å². The van der Waals surface area contributed by atoms with E-state index >= 15 is 0 Å². The van der Waals surface area contributed by atoms with Crippen molar-refractivity contribution in [2.75, 3.05) is 44.3 Å². The Bertz CT molecular complexity index is 490. The van der Waals surface area contributed by atoms with Gasteiger partial charge in [-0.05, 0) is 6.42 Å². The number of rotatable bonds is 3. The first kappa shape index (κ1) is 13.3. The van der Waals surface area contributed by atoms with Gasteiger partial charge in [0.1, 0.15) is 5.82 Å². The van der Waals surface area contributed by atoms with Crippen LogP contribution in [0.1, 0.15) is 16.9 Å². The van der Waals surface area contributed by atoms with Crippen LogP contribution in [0.2, 0.25) is 0 Å². The van der Waals surface area contributed by atoms with Gasteiger partial charge in [0.2, 0.25) is 0 Å². The van der Waals surface area contributed by atoms with Crippen LogP contribution in [0.4, 0.5) is 5.82 Å². The van der Waals surface area contributed by atoms with Crippen LogP contribution in [0, 0.1) is 0 Å². The second-order valence-corrected chi connectivity index (χ2v) is 5.10. The molecular formula is C13H18N4O3. The lowest BCUT2D eigenvalue weighted by Crippen LogP contribution is -2.44. The number of nitrogens with zero attached hydrogens (tertiary/aromatic N) is 4. The van der Waals surface area contributed by atoms with E-state index in [1.165, 1.54) is 6.20 Å². The van der Waals surface area contributed by atoms with E-state index in [9.17, 15) is 4.79 Å². The Balaban J connectivity index is 1.67. The van der Waals surface area contributed by atoms with Gasteiger partial charge in [-0.3, -0.25) is 9.88 Å². The SMILES string of the molecule is O=C(O)c1cncc(N2CCC(N3CCOCC3)C2)n1. The maximum atomic E-state index is 10.9. The normalized spacial score (nSPS) is 24.0. The van der Waals surface area contributed by atoms with E-state index in [4.69, 9.17) is 9.84 Å². The van der Waals surface area contributed by atoms with Gasteiger partial charge in [-0.15, -0.1) is 0 Å². The van der Waals surface area contributed by atoms with Gasteiger partial charge >= 0.3 is 5.97 Å². The molecule has 0 bridgehead atoms. The summed E-state index contributed by atoms with van der Waals surface area (Å²) in [6, 6.07) is 0.495. The average molecular weight is 278 g/mol. The first-order chi connectivity index (χ1) is 9.74. The van der Waals surface area contributed by atoms with Gasteiger partial charge in [0, 0.05) is 32.2 Å². The zero-order valence-electron chi connectivity index (χ0n) is 11.2. The van der Waals surface area contributed by atoms with E-state index < -0.39 is 5.97 Å². The summed E-state index contributed by atoms with van der Waals surface area (Å²) >= 11 is 0. The Morgan fingerprint density at radius 2 is 2.10 bits per heavy atom. The summed E-state index contributed by atoms with van der Waals surface area (Å²) < 4.78 is 5.37. The molecular weight excluding hydrogens is 260 g/mol. The first-order valence-electron chi connectivity index (χ1n) is 6.86. The molecule has 3 rings (SSSR count). The highest BCUT2D eigenvalue weighted by Crippen LogP contribution is 2.21. The molecule has 0 radical (unpaired) electrons. The maximum Gasteiger partial charge on any atom is 0.356 e. The van der Waals surface area contributed by atoms with Crippen LogP contribution in [0.25, 0.3) is 0 Å². The van der Waals surface area contributed by atoms with Crippen molar-refractivity contribution in [3.05, 3.63) is 18.1 Å². The zero-order valence-corrected chi connectivity index (χ0v) is 11.2. The van der Waals surface area contributed by atoms with Crippen molar-refractivity contribution in [3.63, 3.8) is 0 Å². The minimum absolute atomic E-state index is 0.00248. The molecule has 1 aromatic heterocycles. The van der Waals surface area contributed by atoms with Crippen molar-refractivity contribution < 1.29 is 14.6 Å². The summed E-state index contributed by atoms with van der Waals surface area (Å²) in [6.07, 6.45) is 3.98. The number of hydrogen-bond donors (Lipinski definition) is 1. The third kappa shape index (κ3) is 2.73. The highest BCUT2D eigenvalue weighted by atomic mass is 16.5. The predicted molar refractivity (Wildman–Crippen MR) is 72.0 cm³/mol. The molecule has 2 aliphatic rings. The fraction of sp³-hybridized carbons (Fsp3) is 0.615. The summed E-state index contributed by atoms with van der Waals surface area (Å²) in [4.78, 5) is 23.6. The number of carboxylic acid groups (broad SMARTS) is 1. The van der Waals surface area contributed by atoms with Crippen molar-refractivity contribution in [2.24, 2.45) is 0 Å². The molecule has 2 fully saturated rings. The van der Waals surface area contributed by atoms with E-state index in [0.29, 0.717) is 11.9 Å². The molecule has 1 N–H and O–H groups in total.